The molecule has 0 saturated carbocycles. The summed E-state index contributed by atoms with van der Waals surface area (Å²) in [4.78, 5) is 28.8. The van der Waals surface area contributed by atoms with Gasteiger partial charge in [0.1, 0.15) is 0 Å². The minimum Gasteiger partial charge on any atom is -0.454 e. The van der Waals surface area contributed by atoms with Crippen molar-refractivity contribution in [2.75, 3.05) is 37.6 Å². The maximum absolute atomic E-state index is 12.7. The van der Waals surface area contributed by atoms with E-state index in [9.17, 15) is 9.59 Å². The molecule has 0 bridgehead atoms. The van der Waals surface area contributed by atoms with Gasteiger partial charge in [0.05, 0.1) is 5.92 Å². The Hall–Kier alpha value is -3.22. The van der Waals surface area contributed by atoms with Crippen molar-refractivity contribution in [1.29, 1.82) is 0 Å². The third kappa shape index (κ3) is 3.74. The largest absolute Gasteiger partial charge is 0.454 e. The Morgan fingerprint density at radius 3 is 2.82 bits per heavy atom. The molecule has 2 aromatic carbocycles. The Bertz CT molecular complexity index is 912. The van der Waals surface area contributed by atoms with Crippen molar-refractivity contribution in [3.63, 3.8) is 0 Å². The standard InChI is InChI=1S/C21H23N3O4/c1-23(2)17-5-3-4-16(10-17)22-21(26)15-9-20(25)24(12-15)11-14-6-7-18-19(8-14)28-13-27-18/h3-8,10,15H,9,11-13H2,1-2H3,(H,22,26). The summed E-state index contributed by atoms with van der Waals surface area (Å²) in [6, 6.07) is 13.3. The van der Waals surface area contributed by atoms with Crippen LogP contribution in [0, 0.1) is 5.92 Å². The van der Waals surface area contributed by atoms with Gasteiger partial charge >= 0.3 is 0 Å². The molecule has 1 fully saturated rings. The molecular formula is C21H23N3O4. The number of nitrogens with one attached hydrogen (secondary N) is 1. The van der Waals surface area contributed by atoms with E-state index in [1.54, 1.807) is 4.90 Å². The molecule has 1 unspecified atom stereocenters. The van der Waals surface area contributed by atoms with Gasteiger partial charge in [-0.25, -0.2) is 0 Å². The minimum absolute atomic E-state index is 0.0140. The number of hydrogen-bond acceptors (Lipinski definition) is 5. The van der Waals surface area contributed by atoms with Gasteiger partial charge in [0, 0.05) is 45.0 Å². The molecule has 7 heteroatoms. The van der Waals surface area contributed by atoms with Crippen LogP contribution in [0.3, 0.4) is 0 Å². The Morgan fingerprint density at radius 2 is 2.00 bits per heavy atom. The lowest BCUT2D eigenvalue weighted by atomic mass is 10.1. The fourth-order valence-corrected chi connectivity index (χ4v) is 3.47. The number of benzene rings is 2. The van der Waals surface area contributed by atoms with E-state index in [4.69, 9.17) is 9.47 Å². The van der Waals surface area contributed by atoms with Crippen LogP contribution in [0.25, 0.3) is 0 Å². The average Bonchev–Trinajstić information content (AvgIpc) is 3.28. The first-order valence-electron chi connectivity index (χ1n) is 9.24. The van der Waals surface area contributed by atoms with Gasteiger partial charge in [0.25, 0.3) is 0 Å². The van der Waals surface area contributed by atoms with Crippen LogP contribution < -0.4 is 19.7 Å². The number of amides is 2. The maximum atomic E-state index is 12.7. The zero-order valence-electron chi connectivity index (χ0n) is 16.0. The lowest BCUT2D eigenvalue weighted by molar-refractivity contribution is -0.128. The van der Waals surface area contributed by atoms with Crippen molar-refractivity contribution in [1.82, 2.24) is 4.90 Å². The zero-order valence-corrected chi connectivity index (χ0v) is 16.0. The van der Waals surface area contributed by atoms with Crippen LogP contribution in [0.4, 0.5) is 11.4 Å². The van der Waals surface area contributed by atoms with Gasteiger partial charge in [-0.15, -0.1) is 0 Å². The molecule has 1 saturated heterocycles. The summed E-state index contributed by atoms with van der Waals surface area (Å²) >= 11 is 0. The number of anilines is 2. The fraction of sp³-hybridized carbons (Fsp3) is 0.333. The first-order chi connectivity index (χ1) is 13.5. The highest BCUT2D eigenvalue weighted by Crippen LogP contribution is 2.33. The van der Waals surface area contributed by atoms with Crippen molar-refractivity contribution >= 4 is 23.2 Å². The number of rotatable bonds is 5. The van der Waals surface area contributed by atoms with Crippen LogP contribution in [0.5, 0.6) is 11.5 Å². The molecule has 146 valence electrons. The second kappa shape index (κ2) is 7.42. The lowest BCUT2D eigenvalue weighted by Gasteiger charge is -2.17. The van der Waals surface area contributed by atoms with Gasteiger partial charge in [-0.3, -0.25) is 9.59 Å². The summed E-state index contributed by atoms with van der Waals surface area (Å²) < 4.78 is 10.7. The quantitative estimate of drug-likeness (QED) is 0.862. The van der Waals surface area contributed by atoms with Crippen molar-refractivity contribution in [2.45, 2.75) is 13.0 Å². The second-order valence-corrected chi connectivity index (χ2v) is 7.30. The number of carbonyl (C=O) groups excluding carboxylic acids is 2. The molecule has 2 heterocycles. The first-order valence-corrected chi connectivity index (χ1v) is 9.24. The van der Waals surface area contributed by atoms with Crippen LogP contribution in [0.2, 0.25) is 0 Å². The summed E-state index contributed by atoms with van der Waals surface area (Å²) in [5, 5.41) is 2.94. The van der Waals surface area contributed by atoms with E-state index in [0.717, 1.165) is 16.9 Å². The molecule has 0 spiro atoms. The summed E-state index contributed by atoms with van der Waals surface area (Å²) in [5.41, 5.74) is 2.69. The van der Waals surface area contributed by atoms with E-state index in [2.05, 4.69) is 5.32 Å². The third-order valence-corrected chi connectivity index (χ3v) is 5.03. The molecule has 4 rings (SSSR count). The number of nitrogens with zero attached hydrogens (tertiary/aromatic N) is 2. The van der Waals surface area contributed by atoms with E-state index < -0.39 is 0 Å². The topological polar surface area (TPSA) is 71.1 Å². The van der Waals surface area contributed by atoms with Crippen molar-refractivity contribution in [3.05, 3.63) is 48.0 Å². The second-order valence-electron chi connectivity index (χ2n) is 7.30. The summed E-state index contributed by atoms with van der Waals surface area (Å²) in [6.45, 7) is 1.08. The average molecular weight is 381 g/mol. The maximum Gasteiger partial charge on any atom is 0.231 e. The van der Waals surface area contributed by atoms with Crippen LogP contribution in [-0.2, 0) is 16.1 Å². The smallest absolute Gasteiger partial charge is 0.231 e. The van der Waals surface area contributed by atoms with Gasteiger partial charge < -0.3 is 24.6 Å². The van der Waals surface area contributed by atoms with Crippen molar-refractivity contribution in [2.24, 2.45) is 5.92 Å². The Kier molecular flexibility index (Phi) is 4.81. The molecule has 1 N–H and O–H groups in total. The highest BCUT2D eigenvalue weighted by Gasteiger charge is 2.34. The van der Waals surface area contributed by atoms with Gasteiger partial charge in [-0.1, -0.05) is 12.1 Å². The summed E-state index contributed by atoms with van der Waals surface area (Å²) in [7, 11) is 3.90. The minimum atomic E-state index is -0.357. The molecule has 1 atom stereocenters. The van der Waals surface area contributed by atoms with E-state index in [-0.39, 0.29) is 30.9 Å². The van der Waals surface area contributed by atoms with Crippen molar-refractivity contribution in [3.8, 4) is 11.5 Å². The lowest BCUT2D eigenvalue weighted by Crippen LogP contribution is -2.28. The number of likely N-dealkylation sites (tertiary alicyclic amines) is 1. The van der Waals surface area contributed by atoms with Crippen LogP contribution in [0.1, 0.15) is 12.0 Å². The van der Waals surface area contributed by atoms with Gasteiger partial charge in [-0.05, 0) is 35.9 Å². The normalized spacial score (nSPS) is 17.7. The van der Waals surface area contributed by atoms with Gasteiger partial charge in [0.2, 0.25) is 18.6 Å². The molecular weight excluding hydrogens is 358 g/mol. The van der Waals surface area contributed by atoms with E-state index in [0.29, 0.717) is 24.6 Å². The number of carbonyl (C=O) groups is 2. The third-order valence-electron chi connectivity index (χ3n) is 5.03. The predicted octanol–water partition coefficient (Wildman–Crippen LogP) is 2.47. The molecule has 0 aromatic heterocycles. The SMILES string of the molecule is CN(C)c1cccc(NC(=O)C2CC(=O)N(Cc3ccc4c(c3)OCO4)C2)c1. The number of fused-ring (bicyclic) bond motifs is 1. The molecule has 2 aromatic rings. The molecule has 2 aliphatic rings. The summed E-state index contributed by atoms with van der Waals surface area (Å²) in [6.07, 6.45) is 0.226. The van der Waals surface area contributed by atoms with Crippen LogP contribution >= 0.6 is 0 Å². The molecule has 2 aliphatic heterocycles. The molecule has 0 aliphatic carbocycles. The zero-order chi connectivity index (χ0) is 19.7. The molecule has 28 heavy (non-hydrogen) atoms. The molecule has 7 nitrogen and oxygen atoms in total. The number of hydrogen-bond donors (Lipinski definition) is 1. The van der Waals surface area contributed by atoms with E-state index in [1.165, 1.54) is 0 Å². The van der Waals surface area contributed by atoms with Crippen LogP contribution in [0.15, 0.2) is 42.5 Å². The van der Waals surface area contributed by atoms with E-state index >= 15 is 0 Å². The Morgan fingerprint density at radius 1 is 1.18 bits per heavy atom. The fourth-order valence-electron chi connectivity index (χ4n) is 3.47. The Labute approximate surface area is 163 Å². The Balaban J connectivity index is 1.39. The summed E-state index contributed by atoms with van der Waals surface area (Å²) in [5.74, 6) is 0.912. The van der Waals surface area contributed by atoms with E-state index in [1.807, 2.05) is 61.5 Å². The highest BCUT2D eigenvalue weighted by atomic mass is 16.7. The molecule has 2 amide bonds. The van der Waals surface area contributed by atoms with Crippen LogP contribution in [-0.4, -0.2) is 44.1 Å². The number of ether oxygens (including phenoxy) is 2. The predicted molar refractivity (Wildman–Crippen MR) is 105 cm³/mol. The van der Waals surface area contributed by atoms with Gasteiger partial charge in [-0.2, -0.15) is 0 Å². The monoisotopic (exact) mass is 381 g/mol. The van der Waals surface area contributed by atoms with Crippen molar-refractivity contribution < 1.29 is 19.1 Å². The first kappa shape index (κ1) is 18.2. The highest BCUT2D eigenvalue weighted by molar-refractivity contribution is 5.97. The van der Waals surface area contributed by atoms with Gasteiger partial charge in [0.15, 0.2) is 11.5 Å². The molecule has 0 radical (unpaired) electrons.